The number of halogens is 1. The molecular weight excluding hydrogens is 444 g/mol. The van der Waals surface area contributed by atoms with Crippen LogP contribution >= 0.6 is 11.6 Å². The number of pyridine rings is 1. The molecule has 0 radical (unpaired) electrons. The molecule has 4 rings (SSSR count). The van der Waals surface area contributed by atoms with Crippen LogP contribution in [0.4, 0.5) is 0 Å². The second kappa shape index (κ2) is 10.8. The second-order valence-electron chi connectivity index (χ2n) is 7.68. The van der Waals surface area contributed by atoms with Crippen LogP contribution in [-0.4, -0.2) is 28.6 Å². The zero-order valence-corrected chi connectivity index (χ0v) is 19.6. The van der Waals surface area contributed by atoms with Crippen LogP contribution in [-0.2, 0) is 6.61 Å². The van der Waals surface area contributed by atoms with Crippen LogP contribution in [0.2, 0.25) is 5.02 Å². The third-order valence-corrected chi connectivity index (χ3v) is 5.68. The molecule has 1 aromatic heterocycles. The van der Waals surface area contributed by atoms with Gasteiger partial charge in [0.05, 0.1) is 17.5 Å². The molecule has 170 valence electrons. The fraction of sp³-hybridized carbons (Fsp3) is 0.107. The number of hydrogen-bond donors (Lipinski definition) is 2. The van der Waals surface area contributed by atoms with Crippen molar-refractivity contribution in [3.05, 3.63) is 107 Å². The lowest BCUT2D eigenvalue weighted by Crippen LogP contribution is -2.29. The van der Waals surface area contributed by atoms with Gasteiger partial charge in [-0.15, -0.1) is 0 Å². The number of para-hydroxylation sites is 1. The lowest BCUT2D eigenvalue weighted by atomic mass is 10.0. The van der Waals surface area contributed by atoms with Gasteiger partial charge in [-0.2, -0.15) is 0 Å². The van der Waals surface area contributed by atoms with E-state index in [4.69, 9.17) is 27.2 Å². The summed E-state index contributed by atoms with van der Waals surface area (Å²) in [5.41, 5.74) is 4.29. The minimum atomic E-state index is 0.251. The molecule has 3 aromatic carbocycles. The van der Waals surface area contributed by atoms with Crippen molar-refractivity contribution in [2.24, 2.45) is 0 Å². The second-order valence-corrected chi connectivity index (χ2v) is 8.12. The maximum Gasteiger partial charge on any atom is 0.133 e. The van der Waals surface area contributed by atoms with Gasteiger partial charge in [0.15, 0.2) is 0 Å². The molecule has 0 saturated carbocycles. The Morgan fingerprint density at radius 2 is 1.71 bits per heavy atom. The molecule has 6 heteroatoms. The number of likely N-dealkylation sites (N-methyl/N-ethyl adjacent to an activating group) is 1. The number of nitrogens with zero attached hydrogens (tertiary/aromatic N) is 2. The minimum absolute atomic E-state index is 0.251. The summed E-state index contributed by atoms with van der Waals surface area (Å²) in [4.78, 5) is 6.23. The van der Waals surface area contributed by atoms with Crippen LogP contribution in [0.5, 0.6) is 5.75 Å². The first-order valence-corrected chi connectivity index (χ1v) is 11.4. The van der Waals surface area contributed by atoms with Gasteiger partial charge in [-0.05, 0) is 60.5 Å². The summed E-state index contributed by atoms with van der Waals surface area (Å²) in [5.74, 6) is 0.969. The van der Waals surface area contributed by atoms with Crippen LogP contribution in [0, 0.1) is 10.8 Å². The monoisotopic (exact) mass is 468 g/mol. The lowest BCUT2D eigenvalue weighted by Gasteiger charge is -2.20. The summed E-state index contributed by atoms with van der Waals surface area (Å²) < 4.78 is 5.96. The molecule has 0 aliphatic heterocycles. The number of aromatic nitrogens is 1. The van der Waals surface area contributed by atoms with Crippen molar-refractivity contribution in [1.82, 2.24) is 9.88 Å². The van der Waals surface area contributed by atoms with Gasteiger partial charge >= 0.3 is 0 Å². The molecule has 0 atom stereocenters. The maximum absolute atomic E-state index is 8.69. The fourth-order valence-corrected chi connectivity index (χ4v) is 3.69. The van der Waals surface area contributed by atoms with Gasteiger partial charge < -0.3 is 9.64 Å². The van der Waals surface area contributed by atoms with Crippen molar-refractivity contribution in [3.8, 4) is 5.75 Å². The summed E-state index contributed by atoms with van der Waals surface area (Å²) in [6, 6.07) is 27.1. The molecule has 34 heavy (non-hydrogen) atoms. The lowest BCUT2D eigenvalue weighted by molar-refractivity contribution is 0.302. The van der Waals surface area contributed by atoms with Crippen LogP contribution in [0.1, 0.15) is 23.7 Å². The third kappa shape index (κ3) is 5.50. The Morgan fingerprint density at radius 1 is 0.971 bits per heavy atom. The number of rotatable bonds is 8. The quantitative estimate of drug-likeness (QED) is 0.167. The molecule has 1 heterocycles. The summed E-state index contributed by atoms with van der Waals surface area (Å²) in [6.45, 7) is 2.81. The van der Waals surface area contributed by atoms with Gasteiger partial charge in [0.2, 0.25) is 0 Å². The van der Waals surface area contributed by atoms with Crippen LogP contribution in [0.15, 0.2) is 84.9 Å². The topological polar surface area (TPSA) is 73.1 Å². The molecule has 0 fully saturated rings. The van der Waals surface area contributed by atoms with Crippen molar-refractivity contribution in [1.29, 1.82) is 10.8 Å². The van der Waals surface area contributed by atoms with Gasteiger partial charge in [0.25, 0.3) is 0 Å². The highest BCUT2D eigenvalue weighted by molar-refractivity contribution is 6.30. The van der Waals surface area contributed by atoms with E-state index in [1.165, 1.54) is 6.34 Å². The highest BCUT2D eigenvalue weighted by Gasteiger charge is 2.14. The van der Waals surface area contributed by atoms with Crippen molar-refractivity contribution in [3.63, 3.8) is 0 Å². The van der Waals surface area contributed by atoms with Crippen molar-refractivity contribution >= 4 is 46.3 Å². The Morgan fingerprint density at radius 3 is 2.41 bits per heavy atom. The highest BCUT2D eigenvalue weighted by Crippen LogP contribution is 2.25. The van der Waals surface area contributed by atoms with Crippen LogP contribution < -0.4 is 4.74 Å². The zero-order chi connectivity index (χ0) is 23.9. The molecule has 2 N–H and O–H groups in total. The molecule has 0 bridgehead atoms. The summed E-state index contributed by atoms with van der Waals surface area (Å²) in [7, 11) is 0. The average molecular weight is 469 g/mol. The number of amidine groups is 1. The van der Waals surface area contributed by atoms with E-state index in [1.54, 1.807) is 4.90 Å². The first-order chi connectivity index (χ1) is 16.6. The molecule has 4 aromatic rings. The molecular formula is C28H25ClN4O. The summed E-state index contributed by atoms with van der Waals surface area (Å²) >= 11 is 6.02. The van der Waals surface area contributed by atoms with E-state index in [2.05, 4.69) is 4.98 Å². The molecule has 0 amide bonds. The normalized spacial score (nSPS) is 11.3. The number of benzene rings is 3. The number of fused-ring (bicyclic) bond motifs is 1. The van der Waals surface area contributed by atoms with Crippen LogP contribution in [0.3, 0.4) is 0 Å². The number of nitrogens with one attached hydrogen (secondary N) is 2. The van der Waals surface area contributed by atoms with E-state index in [0.29, 0.717) is 23.7 Å². The van der Waals surface area contributed by atoms with Gasteiger partial charge in [-0.1, -0.05) is 60.1 Å². The van der Waals surface area contributed by atoms with E-state index in [1.807, 2.05) is 97.9 Å². The van der Waals surface area contributed by atoms with Crippen LogP contribution in [0.25, 0.3) is 22.6 Å². The summed E-state index contributed by atoms with van der Waals surface area (Å²) in [6.07, 6.45) is 3.10. The third-order valence-electron chi connectivity index (χ3n) is 5.43. The first-order valence-electron chi connectivity index (χ1n) is 11.0. The van der Waals surface area contributed by atoms with E-state index >= 15 is 0 Å². The van der Waals surface area contributed by atoms with E-state index < -0.39 is 0 Å². The van der Waals surface area contributed by atoms with Gasteiger partial charge in [0.1, 0.15) is 18.2 Å². The smallest absolute Gasteiger partial charge is 0.133 e. The van der Waals surface area contributed by atoms with Crippen molar-refractivity contribution in [2.45, 2.75) is 13.5 Å². The van der Waals surface area contributed by atoms with Crippen molar-refractivity contribution in [2.75, 3.05) is 6.54 Å². The van der Waals surface area contributed by atoms with E-state index in [0.717, 1.165) is 33.5 Å². The molecule has 5 nitrogen and oxygen atoms in total. The zero-order valence-electron chi connectivity index (χ0n) is 18.8. The molecule has 0 aliphatic rings. The highest BCUT2D eigenvalue weighted by atomic mass is 35.5. The Labute approximate surface area is 204 Å². The van der Waals surface area contributed by atoms with E-state index in [-0.39, 0.29) is 5.84 Å². The standard InChI is InChI=1S/C28H25ClN4O/c1-2-33(19-30)28(31)26(17-20-7-12-23(29)13-8-20)21-10-15-25(16-11-21)34-18-24-14-9-22-5-3-4-6-27(22)32-24/h3-17,19,30-31H,2,18H2,1H3/b26-17+,30-19?,31-28?. The van der Waals surface area contributed by atoms with E-state index in [9.17, 15) is 0 Å². The molecule has 0 saturated heterocycles. The Kier molecular flexibility index (Phi) is 7.35. The minimum Gasteiger partial charge on any atom is -0.487 e. The predicted octanol–water partition coefficient (Wildman–Crippen LogP) is 6.91. The van der Waals surface area contributed by atoms with Gasteiger partial charge in [-0.25, -0.2) is 4.98 Å². The van der Waals surface area contributed by atoms with Gasteiger partial charge in [-0.3, -0.25) is 10.8 Å². The average Bonchev–Trinajstić information content (AvgIpc) is 2.88. The SMILES string of the molecule is CCN(C=N)C(=N)/C(=C/c1ccc(Cl)cc1)c1ccc(OCc2ccc3ccccc3n2)cc1. The molecule has 0 spiro atoms. The number of hydrogen-bond acceptors (Lipinski definition) is 4. The molecule has 0 unspecified atom stereocenters. The predicted molar refractivity (Wildman–Crippen MR) is 141 cm³/mol. The maximum atomic E-state index is 8.69. The van der Waals surface area contributed by atoms with Crippen molar-refractivity contribution < 1.29 is 4.74 Å². The molecule has 0 aliphatic carbocycles. The first kappa shape index (κ1) is 23.2. The fourth-order valence-electron chi connectivity index (χ4n) is 3.56. The Hall–Kier alpha value is -3.96. The largest absolute Gasteiger partial charge is 0.487 e. The Bertz CT molecular complexity index is 1330. The summed E-state index contributed by atoms with van der Waals surface area (Å²) in [5, 5.41) is 18.1. The number of ether oxygens (including phenoxy) is 1. The Balaban J connectivity index is 1.55. The van der Waals surface area contributed by atoms with Gasteiger partial charge in [0, 0.05) is 22.5 Å².